The average molecular weight is 415 g/mol. The second-order valence-corrected chi connectivity index (χ2v) is 7.23. The van der Waals surface area contributed by atoms with E-state index in [1.54, 1.807) is 12.1 Å². The Bertz CT molecular complexity index is 1260. The Hall–Kier alpha value is -4.33. The van der Waals surface area contributed by atoms with Gasteiger partial charge in [-0.05, 0) is 30.5 Å². The maximum absolute atomic E-state index is 13.3. The lowest BCUT2D eigenvalue weighted by Crippen LogP contribution is -2.08. The van der Waals surface area contributed by atoms with Gasteiger partial charge in [-0.15, -0.1) is 0 Å². The fraction of sp³-hybridized carbons (Fsp3) is 0.0345. The van der Waals surface area contributed by atoms with Gasteiger partial charge in [-0.25, -0.2) is 9.98 Å². The Balaban J connectivity index is 1.75. The van der Waals surface area contributed by atoms with E-state index in [2.05, 4.69) is 15.9 Å². The van der Waals surface area contributed by atoms with Crippen LogP contribution in [0.2, 0.25) is 0 Å². The Morgan fingerprint density at radius 1 is 0.625 bits per heavy atom. The summed E-state index contributed by atoms with van der Waals surface area (Å²) in [6, 6.07) is 36.6. The van der Waals surface area contributed by atoms with E-state index in [9.17, 15) is 4.79 Å². The molecule has 0 fully saturated rings. The number of hydrogen-bond donors (Lipinski definition) is 0. The molecule has 0 spiro atoms. The number of aliphatic imine (C=N–C) groups is 2. The SMILES string of the molecule is CC(=C=Nc1ccccc1C(=O)N=C(c1ccccc1)c1ccccc1)c1ccccc1. The predicted octanol–water partition coefficient (Wildman–Crippen LogP) is 6.77. The Morgan fingerprint density at radius 2 is 1.09 bits per heavy atom. The first kappa shape index (κ1) is 20.9. The summed E-state index contributed by atoms with van der Waals surface area (Å²) < 4.78 is 0. The molecule has 0 N–H and O–H groups in total. The zero-order valence-corrected chi connectivity index (χ0v) is 17.8. The van der Waals surface area contributed by atoms with Crippen LogP contribution in [0.3, 0.4) is 0 Å². The van der Waals surface area contributed by atoms with Crippen molar-refractivity contribution in [3.8, 4) is 0 Å². The Labute approximate surface area is 188 Å². The second kappa shape index (κ2) is 10.1. The molecule has 0 saturated heterocycles. The number of rotatable bonds is 5. The van der Waals surface area contributed by atoms with E-state index in [1.165, 1.54) is 0 Å². The molecule has 32 heavy (non-hydrogen) atoms. The summed E-state index contributed by atoms with van der Waals surface area (Å²) in [6.45, 7) is 1.95. The minimum atomic E-state index is -0.341. The topological polar surface area (TPSA) is 41.8 Å². The minimum Gasteiger partial charge on any atom is -0.267 e. The van der Waals surface area contributed by atoms with Crippen molar-refractivity contribution in [2.75, 3.05) is 0 Å². The van der Waals surface area contributed by atoms with Crippen LogP contribution in [-0.4, -0.2) is 17.5 Å². The fourth-order valence-electron chi connectivity index (χ4n) is 3.30. The molecule has 0 radical (unpaired) electrons. The van der Waals surface area contributed by atoms with Gasteiger partial charge in [-0.2, -0.15) is 0 Å². The van der Waals surface area contributed by atoms with Crippen LogP contribution >= 0.6 is 0 Å². The molecule has 4 aromatic rings. The van der Waals surface area contributed by atoms with Crippen molar-refractivity contribution in [3.63, 3.8) is 0 Å². The van der Waals surface area contributed by atoms with Gasteiger partial charge < -0.3 is 0 Å². The van der Waals surface area contributed by atoms with Gasteiger partial charge in [0.1, 0.15) is 0 Å². The van der Waals surface area contributed by atoms with Gasteiger partial charge in [-0.3, -0.25) is 4.79 Å². The van der Waals surface area contributed by atoms with Crippen LogP contribution in [0.15, 0.2) is 125 Å². The summed E-state index contributed by atoms with van der Waals surface area (Å²) in [5.41, 5.74) is 5.30. The second-order valence-electron chi connectivity index (χ2n) is 7.23. The van der Waals surface area contributed by atoms with Crippen LogP contribution in [0.5, 0.6) is 0 Å². The van der Waals surface area contributed by atoms with Crippen LogP contribution in [0.25, 0.3) is 5.57 Å². The zero-order valence-electron chi connectivity index (χ0n) is 17.8. The third-order valence-corrected chi connectivity index (χ3v) is 4.99. The van der Waals surface area contributed by atoms with Crippen molar-refractivity contribution in [1.82, 2.24) is 0 Å². The first-order chi connectivity index (χ1) is 15.7. The van der Waals surface area contributed by atoms with Crippen molar-refractivity contribution >= 4 is 28.7 Å². The third kappa shape index (κ3) is 5.04. The lowest BCUT2D eigenvalue weighted by Gasteiger charge is -2.08. The van der Waals surface area contributed by atoms with Crippen LogP contribution in [-0.2, 0) is 0 Å². The molecule has 0 aliphatic carbocycles. The van der Waals surface area contributed by atoms with Crippen molar-refractivity contribution < 1.29 is 4.79 Å². The highest BCUT2D eigenvalue weighted by Gasteiger charge is 2.13. The highest BCUT2D eigenvalue weighted by atomic mass is 16.1. The molecule has 154 valence electrons. The van der Waals surface area contributed by atoms with Crippen molar-refractivity contribution in [2.24, 2.45) is 9.98 Å². The number of benzene rings is 4. The number of hydrogen-bond acceptors (Lipinski definition) is 2. The number of carbonyl (C=O) groups excluding carboxylic acids is 1. The molecule has 0 aliphatic heterocycles. The van der Waals surface area contributed by atoms with E-state index in [4.69, 9.17) is 0 Å². The molecular weight excluding hydrogens is 392 g/mol. The van der Waals surface area contributed by atoms with Crippen molar-refractivity contribution in [3.05, 3.63) is 138 Å². The number of allylic oxidation sites excluding steroid dienone is 1. The molecule has 0 atom stereocenters. The number of carbonyl (C=O) groups is 1. The highest BCUT2D eigenvalue weighted by Crippen LogP contribution is 2.21. The molecule has 0 saturated carbocycles. The average Bonchev–Trinajstić information content (AvgIpc) is 2.87. The number of nitrogens with zero attached hydrogens (tertiary/aromatic N) is 2. The first-order valence-corrected chi connectivity index (χ1v) is 10.4. The molecular formula is C29H22N2O. The molecule has 0 aliphatic rings. The van der Waals surface area contributed by atoms with E-state index >= 15 is 0 Å². The summed E-state index contributed by atoms with van der Waals surface area (Å²) >= 11 is 0. The fourth-order valence-corrected chi connectivity index (χ4v) is 3.30. The molecule has 1 amide bonds. The largest absolute Gasteiger partial charge is 0.279 e. The maximum atomic E-state index is 13.3. The van der Waals surface area contributed by atoms with Crippen LogP contribution < -0.4 is 0 Å². The summed E-state index contributed by atoms with van der Waals surface area (Å²) in [6.07, 6.45) is 0. The summed E-state index contributed by atoms with van der Waals surface area (Å²) in [5.74, 6) is 2.73. The molecule has 0 heterocycles. The van der Waals surface area contributed by atoms with Crippen LogP contribution in [0.1, 0.15) is 34.0 Å². The molecule has 0 bridgehead atoms. The highest BCUT2D eigenvalue weighted by molar-refractivity contribution is 6.19. The number of para-hydroxylation sites is 1. The number of amides is 1. The van der Waals surface area contributed by atoms with Crippen molar-refractivity contribution in [1.29, 1.82) is 0 Å². The minimum absolute atomic E-state index is 0.341. The summed E-state index contributed by atoms with van der Waals surface area (Å²) in [4.78, 5) is 22.3. The van der Waals surface area contributed by atoms with Gasteiger partial charge in [0, 0.05) is 16.7 Å². The van der Waals surface area contributed by atoms with Gasteiger partial charge in [0.25, 0.3) is 5.91 Å². The molecule has 0 aromatic heterocycles. The summed E-state index contributed by atoms with van der Waals surface area (Å²) in [7, 11) is 0. The quantitative estimate of drug-likeness (QED) is 0.332. The first-order valence-electron chi connectivity index (χ1n) is 10.4. The lowest BCUT2D eigenvalue weighted by molar-refractivity contribution is 0.100. The molecule has 3 heteroatoms. The van der Waals surface area contributed by atoms with E-state index in [0.29, 0.717) is 17.0 Å². The van der Waals surface area contributed by atoms with E-state index in [1.807, 2.05) is 110 Å². The monoisotopic (exact) mass is 414 g/mol. The molecule has 4 aromatic carbocycles. The third-order valence-electron chi connectivity index (χ3n) is 4.99. The zero-order chi connectivity index (χ0) is 22.2. The Kier molecular flexibility index (Phi) is 6.62. The predicted molar refractivity (Wildman–Crippen MR) is 132 cm³/mol. The summed E-state index contributed by atoms with van der Waals surface area (Å²) in [5, 5.41) is 0. The van der Waals surface area contributed by atoms with Gasteiger partial charge in [0.2, 0.25) is 0 Å². The van der Waals surface area contributed by atoms with Gasteiger partial charge >= 0.3 is 0 Å². The van der Waals surface area contributed by atoms with E-state index in [-0.39, 0.29) is 5.91 Å². The van der Waals surface area contributed by atoms with Gasteiger partial charge in [-0.1, -0.05) is 103 Å². The van der Waals surface area contributed by atoms with E-state index in [0.717, 1.165) is 22.3 Å². The molecule has 0 unspecified atom stereocenters. The molecule has 4 rings (SSSR count). The van der Waals surface area contributed by atoms with Gasteiger partial charge in [0.05, 0.1) is 17.0 Å². The van der Waals surface area contributed by atoms with Gasteiger partial charge in [0.15, 0.2) is 0 Å². The molecule has 3 nitrogen and oxygen atoms in total. The lowest BCUT2D eigenvalue weighted by atomic mass is 10.0. The standard InChI is InChI=1S/C29H22N2O/c1-22(23-13-5-2-6-14-23)21-30-27-20-12-11-19-26(27)29(32)31-28(24-15-7-3-8-16-24)25-17-9-4-10-18-25/h2-20H,1H3. The van der Waals surface area contributed by atoms with Crippen molar-refractivity contribution in [2.45, 2.75) is 6.92 Å². The van der Waals surface area contributed by atoms with Crippen LogP contribution in [0, 0.1) is 0 Å². The Morgan fingerprint density at radius 3 is 1.66 bits per heavy atom. The maximum Gasteiger partial charge on any atom is 0.279 e. The normalized spacial score (nSPS) is 10.0. The van der Waals surface area contributed by atoms with Crippen LogP contribution in [0.4, 0.5) is 5.69 Å². The van der Waals surface area contributed by atoms with E-state index < -0.39 is 0 Å². The smallest absolute Gasteiger partial charge is 0.267 e.